The SMILES string of the molecule is C[N+](C)(CCO)CCCCCCCCCCCCOc1ccc(N=Nc2ccc(C#N)cc2)cc1. The number of hydrogen-bond donors (Lipinski definition) is 1. The van der Waals surface area contributed by atoms with Crippen molar-refractivity contribution < 1.29 is 14.3 Å². The molecule has 0 aromatic heterocycles. The lowest BCUT2D eigenvalue weighted by atomic mass is 10.1. The monoisotopic (exact) mass is 479 g/mol. The van der Waals surface area contributed by atoms with Gasteiger partial charge in [0.15, 0.2) is 0 Å². The van der Waals surface area contributed by atoms with Gasteiger partial charge < -0.3 is 14.3 Å². The largest absolute Gasteiger partial charge is 0.494 e. The van der Waals surface area contributed by atoms with E-state index in [1.165, 1.54) is 57.8 Å². The third-order valence-corrected chi connectivity index (χ3v) is 6.25. The lowest BCUT2D eigenvalue weighted by Gasteiger charge is -2.28. The van der Waals surface area contributed by atoms with E-state index in [-0.39, 0.29) is 6.61 Å². The fourth-order valence-corrected chi connectivity index (χ4v) is 3.96. The van der Waals surface area contributed by atoms with Gasteiger partial charge in [0.1, 0.15) is 12.3 Å². The number of hydrogen-bond acceptors (Lipinski definition) is 5. The van der Waals surface area contributed by atoms with Gasteiger partial charge in [0, 0.05) is 0 Å². The molecule has 6 nitrogen and oxygen atoms in total. The molecule has 0 heterocycles. The Morgan fingerprint density at radius 3 is 1.71 bits per heavy atom. The van der Waals surface area contributed by atoms with Crippen LogP contribution in [-0.4, -0.2) is 50.0 Å². The van der Waals surface area contributed by atoms with Crippen LogP contribution < -0.4 is 4.74 Å². The first kappa shape index (κ1) is 28.5. The second-order valence-electron chi connectivity index (χ2n) is 9.84. The zero-order valence-corrected chi connectivity index (χ0v) is 21.7. The number of quaternary nitrogens is 1. The summed E-state index contributed by atoms with van der Waals surface area (Å²) in [6.07, 6.45) is 12.8. The smallest absolute Gasteiger partial charge is 0.119 e. The molecule has 0 saturated carbocycles. The van der Waals surface area contributed by atoms with E-state index in [0.29, 0.717) is 5.56 Å². The molecule has 0 aliphatic heterocycles. The van der Waals surface area contributed by atoms with Gasteiger partial charge in [-0.3, -0.25) is 0 Å². The molecule has 2 aromatic rings. The van der Waals surface area contributed by atoms with Crippen molar-refractivity contribution in [3.63, 3.8) is 0 Å². The average molecular weight is 480 g/mol. The van der Waals surface area contributed by atoms with Gasteiger partial charge in [-0.25, -0.2) is 0 Å². The van der Waals surface area contributed by atoms with Crippen molar-refractivity contribution in [2.24, 2.45) is 10.2 Å². The summed E-state index contributed by atoms with van der Waals surface area (Å²) in [5.74, 6) is 0.862. The Labute approximate surface area is 211 Å². The summed E-state index contributed by atoms with van der Waals surface area (Å²) in [6.45, 7) is 3.05. The first-order valence-corrected chi connectivity index (χ1v) is 13.1. The van der Waals surface area contributed by atoms with Gasteiger partial charge in [-0.1, -0.05) is 44.9 Å². The maximum absolute atomic E-state index is 9.08. The van der Waals surface area contributed by atoms with Gasteiger partial charge in [0.2, 0.25) is 0 Å². The second kappa shape index (κ2) is 16.8. The van der Waals surface area contributed by atoms with Crippen LogP contribution >= 0.6 is 0 Å². The van der Waals surface area contributed by atoms with Crippen LogP contribution in [0.3, 0.4) is 0 Å². The molecule has 0 aliphatic carbocycles. The molecule has 1 N–H and O–H groups in total. The van der Waals surface area contributed by atoms with Crippen LogP contribution in [0.1, 0.15) is 69.8 Å². The highest BCUT2D eigenvalue weighted by Gasteiger charge is 2.12. The molecular weight excluding hydrogens is 436 g/mol. The van der Waals surface area contributed by atoms with Gasteiger partial charge >= 0.3 is 0 Å². The van der Waals surface area contributed by atoms with E-state index in [1.54, 1.807) is 24.3 Å². The Balaban J connectivity index is 1.45. The third kappa shape index (κ3) is 13.1. The van der Waals surface area contributed by atoms with Crippen LogP contribution in [0.25, 0.3) is 0 Å². The van der Waals surface area contributed by atoms with Crippen LogP contribution in [-0.2, 0) is 0 Å². The van der Waals surface area contributed by atoms with Crippen LogP contribution in [0.5, 0.6) is 5.75 Å². The maximum atomic E-state index is 9.08. The van der Waals surface area contributed by atoms with Crippen LogP contribution in [0.15, 0.2) is 58.8 Å². The lowest BCUT2D eigenvalue weighted by molar-refractivity contribution is -0.890. The maximum Gasteiger partial charge on any atom is 0.119 e. The van der Waals surface area contributed by atoms with Gasteiger partial charge in [-0.15, -0.1) is 0 Å². The van der Waals surface area contributed by atoms with Crippen molar-refractivity contribution in [2.75, 3.05) is 40.4 Å². The van der Waals surface area contributed by atoms with Crippen molar-refractivity contribution in [1.29, 1.82) is 5.26 Å². The first-order chi connectivity index (χ1) is 17.0. The number of aliphatic hydroxyl groups excluding tert-OH is 1. The molecule has 35 heavy (non-hydrogen) atoms. The molecule has 6 heteroatoms. The highest BCUT2D eigenvalue weighted by Crippen LogP contribution is 2.22. The van der Waals surface area contributed by atoms with Gasteiger partial charge in [0.05, 0.1) is 56.9 Å². The molecule has 0 fully saturated rings. The summed E-state index contributed by atoms with van der Waals surface area (Å²) >= 11 is 0. The molecule has 2 rings (SSSR count). The average Bonchev–Trinajstić information content (AvgIpc) is 2.86. The Morgan fingerprint density at radius 1 is 0.714 bits per heavy atom. The molecule has 0 spiro atoms. The zero-order chi connectivity index (χ0) is 25.2. The van der Waals surface area contributed by atoms with E-state index in [1.807, 2.05) is 24.3 Å². The minimum absolute atomic E-state index is 0.280. The van der Waals surface area contributed by atoms with E-state index in [2.05, 4.69) is 30.4 Å². The van der Waals surface area contributed by atoms with E-state index >= 15 is 0 Å². The normalized spacial score (nSPS) is 11.6. The Bertz CT molecular complexity index is 886. The molecule has 0 aliphatic rings. The van der Waals surface area contributed by atoms with Gasteiger partial charge in [0.25, 0.3) is 0 Å². The van der Waals surface area contributed by atoms with Crippen LogP contribution in [0, 0.1) is 11.3 Å². The first-order valence-electron chi connectivity index (χ1n) is 13.1. The number of ether oxygens (including phenoxy) is 1. The number of benzene rings is 2. The molecular formula is C29H43N4O2+. The highest BCUT2D eigenvalue weighted by atomic mass is 16.5. The molecule has 0 amide bonds. The summed E-state index contributed by atoms with van der Waals surface area (Å²) in [4.78, 5) is 0. The minimum Gasteiger partial charge on any atom is -0.494 e. The number of likely N-dealkylation sites (N-methyl/N-ethyl adjacent to an activating group) is 1. The predicted octanol–water partition coefficient (Wildman–Crippen LogP) is 7.32. The molecule has 0 saturated heterocycles. The number of nitriles is 1. The molecule has 0 unspecified atom stereocenters. The van der Waals surface area contributed by atoms with E-state index in [4.69, 9.17) is 15.1 Å². The number of rotatable bonds is 18. The van der Waals surface area contributed by atoms with Gasteiger partial charge in [-0.05, 0) is 67.8 Å². The number of unbranched alkanes of at least 4 members (excludes halogenated alkanes) is 9. The summed E-state index contributed by atoms with van der Waals surface area (Å²) in [7, 11) is 4.40. The highest BCUT2D eigenvalue weighted by molar-refractivity contribution is 5.44. The van der Waals surface area contributed by atoms with E-state index in [0.717, 1.165) is 47.7 Å². The lowest BCUT2D eigenvalue weighted by Crippen LogP contribution is -2.42. The standard InChI is InChI=1S/C29H43N4O2/c1-33(2,22-23-34)21-11-9-7-5-3-4-6-8-10-12-24-35-29-19-17-28(18-20-29)32-31-27-15-13-26(25-30)14-16-27/h13-20,34H,3-12,21-24H2,1-2H3/q+1. The Morgan fingerprint density at radius 2 is 1.20 bits per heavy atom. The van der Waals surface area contributed by atoms with Crippen molar-refractivity contribution >= 4 is 11.4 Å². The van der Waals surface area contributed by atoms with Gasteiger partial charge in [-0.2, -0.15) is 15.5 Å². The summed E-state index contributed by atoms with van der Waals surface area (Å²) in [5.41, 5.74) is 2.10. The fourth-order valence-electron chi connectivity index (χ4n) is 3.96. The van der Waals surface area contributed by atoms with Crippen molar-refractivity contribution in [3.05, 3.63) is 54.1 Å². The quantitative estimate of drug-likeness (QED) is 0.138. The number of nitrogens with zero attached hydrogens (tertiary/aromatic N) is 4. The summed E-state index contributed by atoms with van der Waals surface area (Å²) in [5, 5.41) is 26.3. The van der Waals surface area contributed by atoms with Crippen molar-refractivity contribution in [2.45, 2.75) is 64.2 Å². The predicted molar refractivity (Wildman–Crippen MR) is 142 cm³/mol. The zero-order valence-electron chi connectivity index (χ0n) is 21.7. The van der Waals surface area contributed by atoms with Crippen molar-refractivity contribution in [1.82, 2.24) is 0 Å². The van der Waals surface area contributed by atoms with Crippen LogP contribution in [0.2, 0.25) is 0 Å². The van der Waals surface area contributed by atoms with E-state index < -0.39 is 0 Å². The molecule has 190 valence electrons. The minimum atomic E-state index is 0.280. The molecule has 0 radical (unpaired) electrons. The third-order valence-electron chi connectivity index (χ3n) is 6.25. The Kier molecular flexibility index (Phi) is 13.7. The molecule has 0 bridgehead atoms. The van der Waals surface area contributed by atoms with E-state index in [9.17, 15) is 0 Å². The molecule has 2 aromatic carbocycles. The summed E-state index contributed by atoms with van der Waals surface area (Å²) < 4.78 is 6.78. The van der Waals surface area contributed by atoms with Crippen molar-refractivity contribution in [3.8, 4) is 11.8 Å². The summed E-state index contributed by atoms with van der Waals surface area (Å²) in [6, 6.07) is 16.8. The second-order valence-corrected chi connectivity index (χ2v) is 9.84. The Hall–Kier alpha value is -2.75. The molecule has 0 atom stereocenters. The number of azo groups is 1. The van der Waals surface area contributed by atoms with Crippen LogP contribution in [0.4, 0.5) is 11.4 Å². The fraction of sp³-hybridized carbons (Fsp3) is 0.552. The topological polar surface area (TPSA) is 78.0 Å². The number of aliphatic hydroxyl groups is 1.